The molecule has 1 atom stereocenters. The maximum absolute atomic E-state index is 10.0. The van der Waals surface area contributed by atoms with E-state index in [0.29, 0.717) is 5.69 Å². The molecule has 0 fully saturated rings. The highest BCUT2D eigenvalue weighted by atomic mass is 79.9. The van der Waals surface area contributed by atoms with Crippen molar-refractivity contribution in [2.45, 2.75) is 6.10 Å². The van der Waals surface area contributed by atoms with Crippen molar-refractivity contribution in [3.8, 4) is 0 Å². The molecule has 0 spiro atoms. The van der Waals surface area contributed by atoms with Crippen LogP contribution in [0, 0.1) is 0 Å². The number of hydrogen-bond donors (Lipinski definition) is 1. The number of aliphatic hydroxyl groups excluding tert-OH is 1. The predicted octanol–water partition coefficient (Wildman–Crippen LogP) is 2.93. The van der Waals surface area contributed by atoms with Crippen LogP contribution in [0.25, 0.3) is 0 Å². The summed E-state index contributed by atoms with van der Waals surface area (Å²) in [5.74, 6) is 0. The molecule has 2 rings (SSSR count). The van der Waals surface area contributed by atoms with E-state index in [4.69, 9.17) is 0 Å². The minimum atomic E-state index is -0.663. The number of hydrogen-bond acceptors (Lipinski definition) is 2. The molecule has 15 heavy (non-hydrogen) atoms. The van der Waals surface area contributed by atoms with E-state index in [1.165, 1.54) is 0 Å². The zero-order valence-corrected chi connectivity index (χ0v) is 9.55. The maximum Gasteiger partial charge on any atom is 0.121 e. The Labute approximate surface area is 96.7 Å². The van der Waals surface area contributed by atoms with E-state index in [1.54, 1.807) is 0 Å². The van der Waals surface area contributed by atoms with E-state index in [2.05, 4.69) is 20.9 Å². The Balaban J connectivity index is 2.32. The molecule has 0 bridgehead atoms. The zero-order chi connectivity index (χ0) is 10.7. The van der Waals surface area contributed by atoms with E-state index in [-0.39, 0.29) is 0 Å². The summed E-state index contributed by atoms with van der Waals surface area (Å²) in [6.45, 7) is 0. The Morgan fingerprint density at radius 2 is 1.73 bits per heavy atom. The van der Waals surface area contributed by atoms with Crippen LogP contribution >= 0.6 is 15.9 Å². The lowest BCUT2D eigenvalue weighted by molar-refractivity contribution is 0.215. The van der Waals surface area contributed by atoms with Crippen LogP contribution in [-0.2, 0) is 0 Å². The van der Waals surface area contributed by atoms with Gasteiger partial charge in [-0.1, -0.05) is 36.4 Å². The Morgan fingerprint density at radius 3 is 2.40 bits per heavy atom. The van der Waals surface area contributed by atoms with Crippen molar-refractivity contribution in [1.82, 2.24) is 4.98 Å². The summed E-state index contributed by atoms with van der Waals surface area (Å²) in [5.41, 5.74) is 1.50. The molecule has 1 aromatic heterocycles. The van der Waals surface area contributed by atoms with Crippen LogP contribution in [0.15, 0.2) is 53.1 Å². The Bertz CT molecular complexity index is 444. The average molecular weight is 264 g/mol. The molecule has 0 aliphatic rings. The minimum absolute atomic E-state index is 0.649. The van der Waals surface area contributed by atoms with Crippen molar-refractivity contribution < 1.29 is 5.11 Å². The third kappa shape index (κ3) is 2.43. The lowest BCUT2D eigenvalue weighted by Gasteiger charge is -2.10. The molecule has 0 amide bonds. The van der Waals surface area contributed by atoms with Crippen molar-refractivity contribution in [2.24, 2.45) is 0 Å². The Kier molecular flexibility index (Phi) is 3.14. The minimum Gasteiger partial charge on any atom is -0.382 e. The fraction of sp³-hybridized carbons (Fsp3) is 0.0833. The largest absolute Gasteiger partial charge is 0.382 e. The summed E-state index contributed by atoms with van der Waals surface area (Å²) in [7, 11) is 0. The summed E-state index contributed by atoms with van der Waals surface area (Å²) < 4.78 is 0.731. The standard InChI is InChI=1S/C12H10BrNO/c13-11-8-4-7-10(14-11)12(15)9-5-2-1-3-6-9/h1-8,12,15H/t12-/m0/s1. The third-order valence-electron chi connectivity index (χ3n) is 2.13. The van der Waals surface area contributed by atoms with Crippen LogP contribution in [0.5, 0.6) is 0 Å². The van der Waals surface area contributed by atoms with Gasteiger partial charge in [0.2, 0.25) is 0 Å². The topological polar surface area (TPSA) is 33.1 Å². The average Bonchev–Trinajstić information content (AvgIpc) is 2.29. The van der Waals surface area contributed by atoms with Crippen molar-refractivity contribution in [3.63, 3.8) is 0 Å². The molecule has 0 unspecified atom stereocenters. The second-order valence-corrected chi connectivity index (χ2v) is 4.01. The summed E-state index contributed by atoms with van der Waals surface area (Å²) in [6.07, 6.45) is -0.663. The van der Waals surface area contributed by atoms with Gasteiger partial charge in [-0.05, 0) is 33.6 Å². The quantitative estimate of drug-likeness (QED) is 0.846. The number of nitrogens with zero attached hydrogens (tertiary/aromatic N) is 1. The van der Waals surface area contributed by atoms with Crippen LogP contribution in [0.1, 0.15) is 17.4 Å². The molecule has 0 aliphatic carbocycles. The molecule has 0 saturated heterocycles. The Hall–Kier alpha value is -1.19. The molecule has 2 aromatic rings. The van der Waals surface area contributed by atoms with Crippen LogP contribution in [0.4, 0.5) is 0 Å². The molecule has 1 aromatic carbocycles. The second kappa shape index (κ2) is 4.55. The first kappa shape index (κ1) is 10.3. The van der Waals surface area contributed by atoms with Crippen LogP contribution in [0.3, 0.4) is 0 Å². The number of halogens is 1. The first-order valence-corrected chi connectivity index (χ1v) is 5.42. The van der Waals surface area contributed by atoms with Gasteiger partial charge in [-0.2, -0.15) is 0 Å². The van der Waals surface area contributed by atoms with Gasteiger partial charge < -0.3 is 5.11 Å². The first-order chi connectivity index (χ1) is 7.27. The summed E-state index contributed by atoms with van der Waals surface area (Å²) >= 11 is 3.28. The Morgan fingerprint density at radius 1 is 1.00 bits per heavy atom. The molecule has 0 saturated carbocycles. The fourth-order valence-corrected chi connectivity index (χ4v) is 1.74. The fourth-order valence-electron chi connectivity index (χ4n) is 1.38. The first-order valence-electron chi connectivity index (χ1n) is 4.63. The molecule has 3 heteroatoms. The van der Waals surface area contributed by atoms with Crippen LogP contribution in [-0.4, -0.2) is 10.1 Å². The van der Waals surface area contributed by atoms with Gasteiger partial charge in [-0.3, -0.25) is 0 Å². The van der Waals surface area contributed by atoms with Crippen molar-refractivity contribution >= 4 is 15.9 Å². The number of benzene rings is 1. The summed E-state index contributed by atoms with van der Waals surface area (Å²) in [5, 5.41) is 10.0. The van der Waals surface area contributed by atoms with E-state index < -0.39 is 6.10 Å². The van der Waals surface area contributed by atoms with Crippen LogP contribution < -0.4 is 0 Å². The highest BCUT2D eigenvalue weighted by Crippen LogP contribution is 2.20. The van der Waals surface area contributed by atoms with E-state index in [1.807, 2.05) is 48.5 Å². The molecule has 1 N–H and O–H groups in total. The molecule has 2 nitrogen and oxygen atoms in total. The number of aliphatic hydroxyl groups is 1. The van der Waals surface area contributed by atoms with E-state index in [0.717, 1.165) is 10.2 Å². The molecule has 1 heterocycles. The van der Waals surface area contributed by atoms with E-state index >= 15 is 0 Å². The van der Waals surface area contributed by atoms with Gasteiger partial charge in [0.1, 0.15) is 10.7 Å². The zero-order valence-electron chi connectivity index (χ0n) is 7.97. The normalized spacial score (nSPS) is 12.4. The monoisotopic (exact) mass is 263 g/mol. The number of pyridine rings is 1. The lowest BCUT2D eigenvalue weighted by Crippen LogP contribution is -2.01. The van der Waals surface area contributed by atoms with E-state index in [9.17, 15) is 5.11 Å². The van der Waals surface area contributed by atoms with Crippen molar-refractivity contribution in [3.05, 3.63) is 64.4 Å². The number of aromatic nitrogens is 1. The molecular weight excluding hydrogens is 254 g/mol. The summed E-state index contributed by atoms with van der Waals surface area (Å²) in [4.78, 5) is 4.22. The van der Waals surface area contributed by atoms with Gasteiger partial charge >= 0.3 is 0 Å². The highest BCUT2D eigenvalue weighted by Gasteiger charge is 2.10. The molecule has 0 radical (unpaired) electrons. The molecule has 0 aliphatic heterocycles. The summed E-state index contributed by atoms with van der Waals surface area (Å²) in [6, 6.07) is 15.0. The van der Waals surface area contributed by atoms with Gasteiger partial charge in [-0.25, -0.2) is 4.98 Å². The number of rotatable bonds is 2. The molecular formula is C12H10BrNO. The van der Waals surface area contributed by atoms with Gasteiger partial charge in [0, 0.05) is 0 Å². The predicted molar refractivity (Wildman–Crippen MR) is 62.4 cm³/mol. The second-order valence-electron chi connectivity index (χ2n) is 3.20. The highest BCUT2D eigenvalue weighted by molar-refractivity contribution is 9.10. The van der Waals surface area contributed by atoms with Crippen LogP contribution in [0.2, 0.25) is 0 Å². The van der Waals surface area contributed by atoms with Gasteiger partial charge in [0.15, 0.2) is 0 Å². The van der Waals surface area contributed by atoms with Gasteiger partial charge in [0.05, 0.1) is 5.69 Å². The van der Waals surface area contributed by atoms with Gasteiger partial charge in [-0.15, -0.1) is 0 Å². The van der Waals surface area contributed by atoms with Gasteiger partial charge in [0.25, 0.3) is 0 Å². The molecule has 76 valence electrons. The maximum atomic E-state index is 10.0. The SMILES string of the molecule is O[C@@H](c1ccccc1)c1cccc(Br)n1. The van der Waals surface area contributed by atoms with Crippen molar-refractivity contribution in [1.29, 1.82) is 0 Å². The lowest BCUT2D eigenvalue weighted by atomic mass is 10.1. The third-order valence-corrected chi connectivity index (χ3v) is 2.57. The smallest absolute Gasteiger partial charge is 0.121 e. The van der Waals surface area contributed by atoms with Crippen molar-refractivity contribution in [2.75, 3.05) is 0 Å².